The second kappa shape index (κ2) is 6.31. The molecule has 25 heavy (non-hydrogen) atoms. The third kappa shape index (κ3) is 2.80. The van der Waals surface area contributed by atoms with Crippen LogP contribution in [0.1, 0.15) is 5.56 Å². The largest absolute Gasteiger partial charge is 0.391 e. The molecule has 0 bridgehead atoms. The Morgan fingerprint density at radius 3 is 2.60 bits per heavy atom. The summed E-state index contributed by atoms with van der Waals surface area (Å²) in [7, 11) is 0. The van der Waals surface area contributed by atoms with Crippen molar-refractivity contribution in [2.75, 3.05) is 0 Å². The van der Waals surface area contributed by atoms with Crippen molar-refractivity contribution in [3.05, 3.63) is 77.1 Å². The summed E-state index contributed by atoms with van der Waals surface area (Å²) in [6.45, 7) is -0.298. The van der Waals surface area contributed by atoms with Gasteiger partial charge in [-0.25, -0.2) is 4.39 Å². The number of fused-ring (bicyclic) bond motifs is 1. The van der Waals surface area contributed by atoms with Crippen LogP contribution in [0.15, 0.2) is 65.2 Å². The summed E-state index contributed by atoms with van der Waals surface area (Å²) < 4.78 is 19.0. The first-order chi connectivity index (χ1) is 12.2. The number of nitrogens with zero attached hydrogens (tertiary/aromatic N) is 1. The summed E-state index contributed by atoms with van der Waals surface area (Å²) in [4.78, 5) is 0. The third-order valence-corrected chi connectivity index (χ3v) is 4.47. The molecule has 124 valence electrons. The first-order valence-corrected chi connectivity index (χ1v) is 8.09. The summed E-state index contributed by atoms with van der Waals surface area (Å²) in [5.41, 5.74) is 2.17. The maximum atomic E-state index is 13.6. The summed E-state index contributed by atoms with van der Waals surface area (Å²) in [5, 5.41) is 16.4. The van der Waals surface area contributed by atoms with Crippen LogP contribution in [0.25, 0.3) is 33.4 Å². The van der Waals surface area contributed by atoms with Crippen molar-refractivity contribution in [3.63, 3.8) is 0 Å². The van der Waals surface area contributed by atoms with E-state index in [0.29, 0.717) is 21.8 Å². The topological polar surface area (TPSA) is 46.3 Å². The Bertz CT molecular complexity index is 1070. The molecule has 0 spiro atoms. The van der Waals surface area contributed by atoms with Crippen LogP contribution < -0.4 is 0 Å². The Kier molecular flexibility index (Phi) is 3.99. The van der Waals surface area contributed by atoms with E-state index in [9.17, 15) is 9.50 Å². The second-order valence-electron chi connectivity index (χ2n) is 5.68. The van der Waals surface area contributed by atoms with Gasteiger partial charge in [0.1, 0.15) is 11.5 Å². The molecule has 0 radical (unpaired) electrons. The molecule has 0 saturated heterocycles. The van der Waals surface area contributed by atoms with Gasteiger partial charge in [0.05, 0.1) is 17.2 Å². The zero-order chi connectivity index (χ0) is 17.4. The molecule has 3 nitrogen and oxygen atoms in total. The Morgan fingerprint density at radius 1 is 1.00 bits per heavy atom. The first-order valence-electron chi connectivity index (χ1n) is 7.71. The third-order valence-electron chi connectivity index (χ3n) is 4.14. The molecule has 0 aliphatic rings. The lowest BCUT2D eigenvalue weighted by atomic mass is 10.0. The molecule has 4 aromatic rings. The van der Waals surface area contributed by atoms with Crippen molar-refractivity contribution in [2.24, 2.45) is 0 Å². The van der Waals surface area contributed by atoms with Gasteiger partial charge in [-0.1, -0.05) is 53.2 Å². The van der Waals surface area contributed by atoms with Gasteiger partial charge in [0.25, 0.3) is 0 Å². The fourth-order valence-corrected chi connectivity index (χ4v) is 3.11. The monoisotopic (exact) mass is 353 g/mol. The van der Waals surface area contributed by atoms with Crippen molar-refractivity contribution in [2.45, 2.75) is 6.61 Å². The molecular weight excluding hydrogens is 341 g/mol. The van der Waals surface area contributed by atoms with Gasteiger partial charge in [-0.2, -0.15) is 0 Å². The lowest BCUT2D eigenvalue weighted by Crippen LogP contribution is -1.90. The summed E-state index contributed by atoms with van der Waals surface area (Å²) >= 11 is 6.16. The number of rotatable bonds is 3. The van der Waals surface area contributed by atoms with Gasteiger partial charge in [0.15, 0.2) is 5.76 Å². The van der Waals surface area contributed by atoms with E-state index >= 15 is 0 Å². The Balaban J connectivity index is 1.88. The SMILES string of the molecule is OCc1c(-c2ccc3ccccc3c2)noc1-c1cc(F)ccc1Cl. The maximum Gasteiger partial charge on any atom is 0.174 e. The van der Waals surface area contributed by atoms with E-state index < -0.39 is 5.82 Å². The number of aliphatic hydroxyl groups excluding tert-OH is 1. The fraction of sp³-hybridized carbons (Fsp3) is 0.0500. The molecule has 3 aromatic carbocycles. The van der Waals surface area contributed by atoms with Gasteiger partial charge < -0.3 is 9.63 Å². The molecule has 0 unspecified atom stereocenters. The molecule has 0 fully saturated rings. The Hall–Kier alpha value is -2.69. The van der Waals surface area contributed by atoms with Crippen LogP contribution in [-0.2, 0) is 6.61 Å². The summed E-state index contributed by atoms with van der Waals surface area (Å²) in [6, 6.07) is 17.8. The molecule has 0 saturated carbocycles. The number of halogens is 2. The number of hydrogen-bond acceptors (Lipinski definition) is 3. The van der Waals surface area contributed by atoms with Crippen molar-refractivity contribution < 1.29 is 14.0 Å². The molecular formula is C20H13ClFNO2. The van der Waals surface area contributed by atoms with Crippen molar-refractivity contribution in [3.8, 4) is 22.6 Å². The Labute approximate surface area is 148 Å². The van der Waals surface area contributed by atoms with E-state index in [0.717, 1.165) is 16.3 Å². The zero-order valence-electron chi connectivity index (χ0n) is 13.0. The summed E-state index contributed by atoms with van der Waals surface area (Å²) in [6.07, 6.45) is 0. The molecule has 0 aliphatic carbocycles. The standard InChI is InChI=1S/C20H13ClFNO2/c21-18-8-7-15(22)10-16(18)20-17(11-24)19(23-25-20)14-6-5-12-3-1-2-4-13(12)9-14/h1-10,24H,11H2. The molecule has 0 aliphatic heterocycles. The molecule has 5 heteroatoms. The number of benzene rings is 3. The van der Waals surface area contributed by atoms with Crippen LogP contribution in [0.4, 0.5) is 4.39 Å². The predicted octanol–water partition coefficient (Wildman–Crippen LogP) is 5.45. The lowest BCUT2D eigenvalue weighted by Gasteiger charge is -2.05. The number of hydrogen-bond donors (Lipinski definition) is 1. The normalized spacial score (nSPS) is 11.2. The van der Waals surface area contributed by atoms with Crippen LogP contribution >= 0.6 is 11.6 Å². The van der Waals surface area contributed by atoms with Crippen molar-refractivity contribution in [1.29, 1.82) is 0 Å². The zero-order valence-corrected chi connectivity index (χ0v) is 13.8. The molecule has 0 atom stereocenters. The second-order valence-corrected chi connectivity index (χ2v) is 6.09. The van der Waals surface area contributed by atoms with E-state index in [1.807, 2.05) is 42.5 Å². The molecule has 1 heterocycles. The van der Waals surface area contributed by atoms with Crippen LogP contribution in [0.3, 0.4) is 0 Å². The van der Waals surface area contributed by atoms with Crippen LogP contribution in [0.5, 0.6) is 0 Å². The highest BCUT2D eigenvalue weighted by Crippen LogP contribution is 2.36. The highest BCUT2D eigenvalue weighted by molar-refractivity contribution is 6.33. The highest BCUT2D eigenvalue weighted by Gasteiger charge is 2.20. The number of aromatic nitrogens is 1. The van der Waals surface area contributed by atoms with Crippen molar-refractivity contribution >= 4 is 22.4 Å². The van der Waals surface area contributed by atoms with E-state index in [4.69, 9.17) is 16.1 Å². The first kappa shape index (κ1) is 15.8. The van der Waals surface area contributed by atoms with Gasteiger partial charge in [-0.05, 0) is 35.0 Å². The quantitative estimate of drug-likeness (QED) is 0.533. The van der Waals surface area contributed by atoms with E-state index in [2.05, 4.69) is 5.16 Å². The van der Waals surface area contributed by atoms with Gasteiger partial charge in [-0.15, -0.1) is 0 Å². The number of aliphatic hydroxyl groups is 1. The minimum absolute atomic E-state index is 0.273. The van der Waals surface area contributed by atoms with Crippen LogP contribution in [-0.4, -0.2) is 10.3 Å². The molecule has 4 rings (SSSR count). The predicted molar refractivity (Wildman–Crippen MR) is 95.8 cm³/mol. The van der Waals surface area contributed by atoms with E-state index in [1.165, 1.54) is 18.2 Å². The van der Waals surface area contributed by atoms with Gasteiger partial charge in [0, 0.05) is 11.1 Å². The molecule has 1 aromatic heterocycles. The minimum atomic E-state index is -0.438. The average molecular weight is 354 g/mol. The maximum absolute atomic E-state index is 13.6. The van der Waals surface area contributed by atoms with Gasteiger partial charge in [-0.3, -0.25) is 0 Å². The average Bonchev–Trinajstić information content (AvgIpc) is 3.07. The molecule has 1 N–H and O–H groups in total. The Morgan fingerprint density at radius 2 is 1.80 bits per heavy atom. The minimum Gasteiger partial charge on any atom is -0.391 e. The van der Waals surface area contributed by atoms with Gasteiger partial charge in [0.2, 0.25) is 0 Å². The smallest absolute Gasteiger partial charge is 0.174 e. The van der Waals surface area contributed by atoms with E-state index in [-0.39, 0.29) is 12.4 Å². The molecule has 0 amide bonds. The highest BCUT2D eigenvalue weighted by atomic mass is 35.5. The summed E-state index contributed by atoms with van der Waals surface area (Å²) in [5.74, 6) is -0.165. The van der Waals surface area contributed by atoms with E-state index in [1.54, 1.807) is 0 Å². The van der Waals surface area contributed by atoms with Gasteiger partial charge >= 0.3 is 0 Å². The van der Waals surface area contributed by atoms with Crippen LogP contribution in [0, 0.1) is 5.82 Å². The van der Waals surface area contributed by atoms with Crippen LogP contribution in [0.2, 0.25) is 5.02 Å². The van der Waals surface area contributed by atoms with Crippen molar-refractivity contribution in [1.82, 2.24) is 5.16 Å². The lowest BCUT2D eigenvalue weighted by molar-refractivity contribution is 0.281. The fourth-order valence-electron chi connectivity index (χ4n) is 2.90.